The molecule has 150 valence electrons. The monoisotopic (exact) mass is 412 g/mol. The van der Waals surface area contributed by atoms with Gasteiger partial charge < -0.3 is 14.7 Å². The molecular formula is C21H21FN4O2S. The first-order valence-corrected chi connectivity index (χ1v) is 10.7. The molecule has 0 aliphatic carbocycles. The number of piperidine rings is 1. The molecule has 0 bridgehead atoms. The third-order valence-electron chi connectivity index (χ3n) is 4.93. The number of likely N-dealkylation sites (tertiary alicyclic amines) is 1. The van der Waals surface area contributed by atoms with E-state index < -0.39 is 0 Å². The molecule has 1 aromatic heterocycles. The molecule has 1 N–H and O–H groups in total. The number of halogens is 1. The van der Waals surface area contributed by atoms with Gasteiger partial charge in [0.2, 0.25) is 11.7 Å². The van der Waals surface area contributed by atoms with Crippen molar-refractivity contribution in [3.8, 4) is 11.4 Å². The maximum absolute atomic E-state index is 13.1. The van der Waals surface area contributed by atoms with Gasteiger partial charge in [-0.2, -0.15) is 4.98 Å². The van der Waals surface area contributed by atoms with Gasteiger partial charge in [-0.15, -0.1) is 11.8 Å². The molecule has 1 atom stereocenters. The van der Waals surface area contributed by atoms with E-state index >= 15 is 0 Å². The standard InChI is InChI=1S/C21H21FN4O2S/c1-29-17-11-9-16(10-12-17)23-21(27)26-13-3-2-4-18(26)20-24-19(25-28-20)14-5-7-15(22)8-6-14/h5-12,18H,2-4,13H2,1H3,(H,23,27). The zero-order chi connectivity index (χ0) is 20.2. The fourth-order valence-corrected chi connectivity index (χ4v) is 3.80. The maximum Gasteiger partial charge on any atom is 0.322 e. The lowest BCUT2D eigenvalue weighted by Gasteiger charge is -2.33. The number of carbonyl (C=O) groups excluding carboxylic acids is 1. The zero-order valence-corrected chi connectivity index (χ0v) is 16.8. The number of amides is 2. The summed E-state index contributed by atoms with van der Waals surface area (Å²) in [7, 11) is 0. The summed E-state index contributed by atoms with van der Waals surface area (Å²) in [5, 5.41) is 6.97. The van der Waals surface area contributed by atoms with Crippen LogP contribution in [0, 0.1) is 5.82 Å². The van der Waals surface area contributed by atoms with Crippen molar-refractivity contribution in [2.75, 3.05) is 18.1 Å². The highest BCUT2D eigenvalue weighted by atomic mass is 32.2. The molecule has 1 unspecified atom stereocenters. The topological polar surface area (TPSA) is 71.3 Å². The lowest BCUT2D eigenvalue weighted by Crippen LogP contribution is -2.41. The fraction of sp³-hybridized carbons (Fsp3) is 0.286. The van der Waals surface area contributed by atoms with E-state index in [0.29, 0.717) is 23.8 Å². The van der Waals surface area contributed by atoms with Crippen LogP contribution < -0.4 is 5.32 Å². The summed E-state index contributed by atoms with van der Waals surface area (Å²) >= 11 is 1.65. The van der Waals surface area contributed by atoms with Gasteiger partial charge in [0, 0.05) is 22.7 Å². The Labute approximate surface area is 172 Å². The lowest BCUT2D eigenvalue weighted by atomic mass is 10.0. The number of benzene rings is 2. The molecule has 1 aliphatic heterocycles. The number of nitrogens with zero attached hydrogens (tertiary/aromatic N) is 3. The van der Waals surface area contributed by atoms with Crippen LogP contribution >= 0.6 is 11.8 Å². The summed E-state index contributed by atoms with van der Waals surface area (Å²) in [5.41, 5.74) is 1.41. The molecule has 0 radical (unpaired) electrons. The molecule has 3 aromatic rings. The molecule has 2 amide bonds. The predicted octanol–water partition coefficient (Wildman–Crippen LogP) is 5.36. The summed E-state index contributed by atoms with van der Waals surface area (Å²) in [6.45, 7) is 0.619. The van der Waals surface area contributed by atoms with E-state index in [9.17, 15) is 9.18 Å². The van der Waals surface area contributed by atoms with Crippen LogP contribution in [0.4, 0.5) is 14.9 Å². The van der Waals surface area contributed by atoms with Crippen molar-refractivity contribution in [2.45, 2.75) is 30.2 Å². The minimum atomic E-state index is -0.321. The molecule has 29 heavy (non-hydrogen) atoms. The van der Waals surface area contributed by atoms with E-state index in [1.165, 1.54) is 12.1 Å². The van der Waals surface area contributed by atoms with Crippen molar-refractivity contribution >= 4 is 23.5 Å². The van der Waals surface area contributed by atoms with E-state index in [1.807, 2.05) is 30.5 Å². The summed E-state index contributed by atoms with van der Waals surface area (Å²) in [6, 6.07) is 13.2. The molecule has 1 saturated heterocycles. The average molecular weight is 412 g/mol. The van der Waals surface area contributed by atoms with Gasteiger partial charge in [-0.05, 0) is 74.0 Å². The number of carbonyl (C=O) groups is 1. The minimum Gasteiger partial charge on any atom is -0.337 e. The van der Waals surface area contributed by atoms with Crippen molar-refractivity contribution in [1.82, 2.24) is 15.0 Å². The largest absolute Gasteiger partial charge is 0.337 e. The van der Waals surface area contributed by atoms with Crippen LogP contribution in [0.15, 0.2) is 57.9 Å². The second-order valence-corrected chi connectivity index (χ2v) is 7.71. The van der Waals surface area contributed by atoms with Crippen LogP contribution in [0.5, 0.6) is 0 Å². The normalized spacial score (nSPS) is 16.6. The third-order valence-corrected chi connectivity index (χ3v) is 5.68. The Hall–Kier alpha value is -2.87. The molecule has 0 spiro atoms. The Morgan fingerprint density at radius 2 is 1.93 bits per heavy atom. The molecule has 1 fully saturated rings. The van der Waals surface area contributed by atoms with E-state index in [-0.39, 0.29) is 17.9 Å². The Bertz CT molecular complexity index is 975. The molecule has 8 heteroatoms. The first-order valence-electron chi connectivity index (χ1n) is 9.45. The van der Waals surface area contributed by atoms with Crippen LogP contribution in [0.3, 0.4) is 0 Å². The van der Waals surface area contributed by atoms with Crippen molar-refractivity contribution in [3.63, 3.8) is 0 Å². The van der Waals surface area contributed by atoms with E-state index in [4.69, 9.17) is 4.52 Å². The van der Waals surface area contributed by atoms with Crippen LogP contribution in [0.25, 0.3) is 11.4 Å². The second kappa shape index (κ2) is 8.65. The predicted molar refractivity (Wildman–Crippen MR) is 110 cm³/mol. The van der Waals surface area contributed by atoms with Crippen LogP contribution in [0.1, 0.15) is 31.2 Å². The minimum absolute atomic E-state index is 0.187. The van der Waals surface area contributed by atoms with Gasteiger partial charge in [0.15, 0.2) is 0 Å². The Morgan fingerprint density at radius 1 is 1.17 bits per heavy atom. The Balaban J connectivity index is 1.51. The zero-order valence-electron chi connectivity index (χ0n) is 16.0. The molecule has 0 saturated carbocycles. The SMILES string of the molecule is CSc1ccc(NC(=O)N2CCCCC2c2nc(-c3ccc(F)cc3)no2)cc1. The molecule has 4 rings (SSSR count). The van der Waals surface area contributed by atoms with Gasteiger partial charge in [-0.25, -0.2) is 9.18 Å². The molecular weight excluding hydrogens is 391 g/mol. The van der Waals surface area contributed by atoms with Gasteiger partial charge in [-0.3, -0.25) is 0 Å². The number of rotatable bonds is 4. The van der Waals surface area contributed by atoms with Gasteiger partial charge in [0.25, 0.3) is 0 Å². The van der Waals surface area contributed by atoms with Crippen molar-refractivity contribution in [2.24, 2.45) is 0 Å². The van der Waals surface area contributed by atoms with Crippen LogP contribution in [0.2, 0.25) is 0 Å². The van der Waals surface area contributed by atoms with E-state index in [0.717, 1.165) is 29.8 Å². The second-order valence-electron chi connectivity index (χ2n) is 6.83. The molecule has 2 aromatic carbocycles. The van der Waals surface area contributed by atoms with E-state index in [1.54, 1.807) is 28.8 Å². The summed E-state index contributed by atoms with van der Waals surface area (Å²) in [5.74, 6) is 0.466. The van der Waals surface area contributed by atoms with Gasteiger partial charge in [0.05, 0.1) is 0 Å². The Morgan fingerprint density at radius 3 is 2.66 bits per heavy atom. The van der Waals surface area contributed by atoms with Crippen molar-refractivity contribution < 1.29 is 13.7 Å². The highest BCUT2D eigenvalue weighted by molar-refractivity contribution is 7.98. The van der Waals surface area contributed by atoms with Crippen molar-refractivity contribution in [3.05, 3.63) is 60.2 Å². The number of aromatic nitrogens is 2. The number of urea groups is 1. The summed E-state index contributed by atoms with van der Waals surface area (Å²) in [6.07, 6.45) is 4.67. The number of nitrogens with one attached hydrogen (secondary N) is 1. The number of hydrogen-bond acceptors (Lipinski definition) is 5. The molecule has 6 nitrogen and oxygen atoms in total. The van der Waals surface area contributed by atoms with E-state index in [2.05, 4.69) is 15.5 Å². The van der Waals surface area contributed by atoms with Gasteiger partial charge >= 0.3 is 6.03 Å². The van der Waals surface area contributed by atoms with Gasteiger partial charge in [-0.1, -0.05) is 5.16 Å². The molecule has 2 heterocycles. The first-order chi connectivity index (χ1) is 14.1. The fourth-order valence-electron chi connectivity index (χ4n) is 3.39. The lowest BCUT2D eigenvalue weighted by molar-refractivity contribution is 0.142. The number of anilines is 1. The third kappa shape index (κ3) is 4.42. The van der Waals surface area contributed by atoms with Crippen molar-refractivity contribution in [1.29, 1.82) is 0 Å². The highest BCUT2D eigenvalue weighted by Crippen LogP contribution is 2.32. The number of hydrogen-bond donors (Lipinski definition) is 1. The average Bonchev–Trinajstić information content (AvgIpc) is 3.25. The van der Waals surface area contributed by atoms with Crippen LogP contribution in [-0.2, 0) is 0 Å². The molecule has 1 aliphatic rings. The smallest absolute Gasteiger partial charge is 0.322 e. The summed E-state index contributed by atoms with van der Waals surface area (Å²) < 4.78 is 18.6. The van der Waals surface area contributed by atoms with Gasteiger partial charge in [0.1, 0.15) is 11.9 Å². The number of thioether (sulfide) groups is 1. The first kappa shape index (κ1) is 19.4. The highest BCUT2D eigenvalue weighted by Gasteiger charge is 2.32. The van der Waals surface area contributed by atoms with Crippen LogP contribution in [-0.4, -0.2) is 33.9 Å². The quantitative estimate of drug-likeness (QED) is 0.585. The Kier molecular flexibility index (Phi) is 5.80. The maximum atomic E-state index is 13.1. The summed E-state index contributed by atoms with van der Waals surface area (Å²) in [4.78, 5) is 20.3.